The van der Waals surface area contributed by atoms with E-state index in [0.717, 1.165) is 21.7 Å². The Morgan fingerprint density at radius 3 is 2.12 bits per heavy atom. The molecule has 0 aliphatic rings. The molecule has 0 aliphatic heterocycles. The van der Waals surface area contributed by atoms with Crippen LogP contribution < -0.4 is 5.32 Å². The van der Waals surface area contributed by atoms with Gasteiger partial charge in [0.1, 0.15) is 0 Å². The summed E-state index contributed by atoms with van der Waals surface area (Å²) >= 11 is 18.2. The molecule has 2 aromatic rings. The molecule has 2 aromatic carbocycles. The predicted octanol–water partition coefficient (Wildman–Crippen LogP) is 5.80. The number of carbonyl (C=O) groups excluding carboxylic acids is 1. The fourth-order valence-electron chi connectivity index (χ4n) is 2.37. The second kappa shape index (κ2) is 7.77. The Morgan fingerprint density at radius 1 is 0.917 bits per heavy atom. The monoisotopic (exact) mass is 383 g/mol. The van der Waals surface area contributed by atoms with Gasteiger partial charge in [-0.05, 0) is 40.3 Å². The summed E-state index contributed by atoms with van der Waals surface area (Å²) in [5.41, 5.74) is 2.88. The van der Waals surface area contributed by atoms with Gasteiger partial charge >= 0.3 is 0 Å². The van der Waals surface area contributed by atoms with Crippen molar-refractivity contribution < 1.29 is 4.79 Å². The largest absolute Gasteiger partial charge is 0.352 e. The molecule has 24 heavy (non-hydrogen) atoms. The lowest BCUT2D eigenvalue weighted by Crippen LogP contribution is -2.24. The summed E-state index contributed by atoms with van der Waals surface area (Å²) in [6.45, 7) is 6.79. The molecule has 5 heteroatoms. The van der Waals surface area contributed by atoms with Crippen LogP contribution in [-0.2, 0) is 23.2 Å². The Labute approximate surface area is 158 Å². The zero-order chi connectivity index (χ0) is 17.9. The minimum Gasteiger partial charge on any atom is -0.352 e. The molecular formula is C19H20Cl3NO. The second-order valence-corrected chi connectivity index (χ2v) is 7.99. The third-order valence-corrected chi connectivity index (χ3v) is 4.73. The Hall–Kier alpha value is -1.22. The van der Waals surface area contributed by atoms with Crippen LogP contribution in [0, 0.1) is 0 Å². The number of halogens is 3. The van der Waals surface area contributed by atoms with Crippen LogP contribution in [0.1, 0.15) is 37.5 Å². The van der Waals surface area contributed by atoms with E-state index in [0.29, 0.717) is 16.6 Å². The van der Waals surface area contributed by atoms with Gasteiger partial charge in [-0.1, -0.05) is 73.8 Å². The molecular weight excluding hydrogens is 365 g/mol. The molecule has 1 amide bonds. The average Bonchev–Trinajstić information content (AvgIpc) is 2.48. The molecule has 0 bridgehead atoms. The standard InChI is InChI=1S/C19H20Cl3NO/c1-19(2,3)14-6-4-13(9-16(14)21)11-23-18(24)10-12-5-7-15(20)17(22)8-12/h4-9H,10-11H2,1-3H3,(H,23,24). The first-order chi connectivity index (χ1) is 11.2. The first-order valence-corrected chi connectivity index (χ1v) is 8.80. The first-order valence-electron chi connectivity index (χ1n) is 7.66. The highest BCUT2D eigenvalue weighted by Crippen LogP contribution is 2.30. The van der Waals surface area contributed by atoms with Crippen molar-refractivity contribution in [3.63, 3.8) is 0 Å². The van der Waals surface area contributed by atoms with E-state index in [1.54, 1.807) is 18.2 Å². The lowest BCUT2D eigenvalue weighted by molar-refractivity contribution is -0.120. The fraction of sp³-hybridized carbons (Fsp3) is 0.316. The van der Waals surface area contributed by atoms with Crippen LogP contribution in [0.2, 0.25) is 15.1 Å². The first kappa shape index (κ1) is 19.1. The maximum absolute atomic E-state index is 12.1. The Morgan fingerprint density at radius 2 is 1.54 bits per heavy atom. The number of benzene rings is 2. The van der Waals surface area contributed by atoms with Crippen LogP contribution in [0.4, 0.5) is 0 Å². The molecule has 128 valence electrons. The zero-order valence-electron chi connectivity index (χ0n) is 13.9. The van der Waals surface area contributed by atoms with Crippen LogP contribution in [0.15, 0.2) is 36.4 Å². The van der Waals surface area contributed by atoms with Gasteiger partial charge in [0.25, 0.3) is 0 Å². The van der Waals surface area contributed by atoms with Gasteiger partial charge in [0.15, 0.2) is 0 Å². The van der Waals surface area contributed by atoms with Gasteiger partial charge < -0.3 is 5.32 Å². The summed E-state index contributed by atoms with van der Waals surface area (Å²) in [5.74, 6) is -0.0793. The number of amides is 1. The molecule has 0 aliphatic carbocycles. The second-order valence-electron chi connectivity index (χ2n) is 6.77. The molecule has 1 N–H and O–H groups in total. The average molecular weight is 385 g/mol. The van der Waals surface area contributed by atoms with E-state index in [9.17, 15) is 4.79 Å². The van der Waals surface area contributed by atoms with E-state index in [2.05, 4.69) is 26.1 Å². The van der Waals surface area contributed by atoms with Crippen LogP contribution in [0.3, 0.4) is 0 Å². The van der Waals surface area contributed by atoms with Gasteiger partial charge in [0, 0.05) is 11.6 Å². The number of carbonyl (C=O) groups is 1. The van der Waals surface area contributed by atoms with E-state index in [-0.39, 0.29) is 17.7 Å². The van der Waals surface area contributed by atoms with Crippen LogP contribution in [0.25, 0.3) is 0 Å². The molecule has 0 aromatic heterocycles. The Bertz CT molecular complexity index is 751. The third kappa shape index (κ3) is 5.14. The van der Waals surface area contributed by atoms with Crippen molar-refractivity contribution in [1.29, 1.82) is 0 Å². The van der Waals surface area contributed by atoms with E-state index < -0.39 is 0 Å². The molecule has 0 fully saturated rings. The molecule has 0 saturated carbocycles. The van der Waals surface area contributed by atoms with Crippen molar-refractivity contribution in [2.75, 3.05) is 0 Å². The van der Waals surface area contributed by atoms with Crippen molar-refractivity contribution in [1.82, 2.24) is 5.32 Å². The van der Waals surface area contributed by atoms with Crippen molar-refractivity contribution in [3.05, 3.63) is 68.2 Å². The Balaban J connectivity index is 1.96. The number of rotatable bonds is 4. The third-order valence-electron chi connectivity index (χ3n) is 3.68. The number of nitrogens with one attached hydrogen (secondary N) is 1. The predicted molar refractivity (Wildman–Crippen MR) is 102 cm³/mol. The zero-order valence-corrected chi connectivity index (χ0v) is 16.2. The van der Waals surface area contributed by atoms with E-state index in [1.165, 1.54) is 0 Å². The molecule has 0 spiro atoms. The summed E-state index contributed by atoms with van der Waals surface area (Å²) in [4.78, 5) is 12.1. The highest BCUT2D eigenvalue weighted by atomic mass is 35.5. The van der Waals surface area contributed by atoms with Crippen LogP contribution in [-0.4, -0.2) is 5.91 Å². The minimum atomic E-state index is -0.0793. The van der Waals surface area contributed by atoms with Gasteiger partial charge in [-0.2, -0.15) is 0 Å². The van der Waals surface area contributed by atoms with Gasteiger partial charge in [0.05, 0.1) is 16.5 Å². The van der Waals surface area contributed by atoms with Crippen LogP contribution >= 0.6 is 34.8 Å². The Kier molecular flexibility index (Phi) is 6.19. The fourth-order valence-corrected chi connectivity index (χ4v) is 3.18. The van der Waals surface area contributed by atoms with E-state index in [4.69, 9.17) is 34.8 Å². The quantitative estimate of drug-likeness (QED) is 0.708. The molecule has 2 rings (SSSR count). The molecule has 2 nitrogen and oxygen atoms in total. The summed E-state index contributed by atoms with van der Waals surface area (Å²) in [5, 5.41) is 4.55. The molecule has 0 radical (unpaired) electrons. The van der Waals surface area contributed by atoms with Gasteiger partial charge in [-0.25, -0.2) is 0 Å². The van der Waals surface area contributed by atoms with E-state index >= 15 is 0 Å². The van der Waals surface area contributed by atoms with Gasteiger partial charge in [0.2, 0.25) is 5.91 Å². The summed E-state index contributed by atoms with van der Waals surface area (Å²) < 4.78 is 0. The van der Waals surface area contributed by atoms with E-state index in [1.807, 2.05) is 18.2 Å². The highest BCUT2D eigenvalue weighted by molar-refractivity contribution is 6.42. The minimum absolute atomic E-state index is 0.00723. The summed E-state index contributed by atoms with van der Waals surface area (Å²) in [6, 6.07) is 11.1. The lowest BCUT2D eigenvalue weighted by atomic mass is 9.86. The van der Waals surface area contributed by atoms with Crippen molar-refractivity contribution in [2.24, 2.45) is 0 Å². The van der Waals surface area contributed by atoms with Crippen molar-refractivity contribution >= 4 is 40.7 Å². The van der Waals surface area contributed by atoms with Gasteiger partial charge in [-0.3, -0.25) is 4.79 Å². The van der Waals surface area contributed by atoms with Crippen molar-refractivity contribution in [2.45, 2.75) is 39.2 Å². The number of hydrogen-bond donors (Lipinski definition) is 1. The van der Waals surface area contributed by atoms with Crippen molar-refractivity contribution in [3.8, 4) is 0 Å². The normalized spacial score (nSPS) is 11.4. The topological polar surface area (TPSA) is 29.1 Å². The smallest absolute Gasteiger partial charge is 0.224 e. The summed E-state index contributed by atoms with van der Waals surface area (Å²) in [7, 11) is 0. The molecule has 0 heterocycles. The van der Waals surface area contributed by atoms with Crippen LogP contribution in [0.5, 0.6) is 0 Å². The maximum atomic E-state index is 12.1. The van der Waals surface area contributed by atoms with Gasteiger partial charge in [-0.15, -0.1) is 0 Å². The molecule has 0 unspecified atom stereocenters. The lowest BCUT2D eigenvalue weighted by Gasteiger charge is -2.21. The summed E-state index contributed by atoms with van der Waals surface area (Å²) in [6.07, 6.45) is 0.255. The molecule has 0 atom stereocenters. The molecule has 0 saturated heterocycles. The highest BCUT2D eigenvalue weighted by Gasteiger charge is 2.17. The maximum Gasteiger partial charge on any atom is 0.224 e. The number of hydrogen-bond acceptors (Lipinski definition) is 1. The SMILES string of the molecule is CC(C)(C)c1ccc(CNC(=O)Cc2ccc(Cl)c(Cl)c2)cc1Cl.